The topological polar surface area (TPSA) is 49.4 Å². The van der Waals surface area contributed by atoms with Gasteiger partial charge in [-0.2, -0.15) is 0 Å². The largest absolute Gasteiger partial charge is 0.352 e. The quantitative estimate of drug-likeness (QED) is 0.911. The molecule has 4 atom stereocenters. The Labute approximate surface area is 148 Å². The van der Waals surface area contributed by atoms with Crippen LogP contribution in [0.4, 0.5) is 4.39 Å². The lowest BCUT2D eigenvalue weighted by Crippen LogP contribution is -2.45. The van der Waals surface area contributed by atoms with Gasteiger partial charge in [-0.1, -0.05) is 44.9 Å². The number of nitrogens with one attached hydrogen (secondary N) is 1. The summed E-state index contributed by atoms with van der Waals surface area (Å²) in [5.74, 6) is 0.353. The van der Waals surface area contributed by atoms with Crippen LogP contribution in [0.2, 0.25) is 0 Å². The Morgan fingerprint density at radius 1 is 1.28 bits per heavy atom. The van der Waals surface area contributed by atoms with Gasteiger partial charge in [0, 0.05) is 31.1 Å². The van der Waals surface area contributed by atoms with Crippen LogP contribution < -0.4 is 5.32 Å². The zero-order valence-electron chi connectivity index (χ0n) is 15.0. The highest BCUT2D eigenvalue weighted by Gasteiger charge is 2.41. The Morgan fingerprint density at radius 3 is 2.80 bits per heavy atom. The van der Waals surface area contributed by atoms with Crippen molar-refractivity contribution >= 4 is 11.8 Å². The molecule has 1 saturated carbocycles. The Bertz CT molecular complexity index is 648. The van der Waals surface area contributed by atoms with Gasteiger partial charge in [-0.25, -0.2) is 4.39 Å². The molecule has 5 heteroatoms. The molecule has 136 valence electrons. The van der Waals surface area contributed by atoms with E-state index < -0.39 is 0 Å². The lowest BCUT2D eigenvalue weighted by molar-refractivity contribution is -0.132. The molecule has 1 saturated heterocycles. The molecule has 2 fully saturated rings. The maximum atomic E-state index is 13.7. The number of halogens is 1. The van der Waals surface area contributed by atoms with Gasteiger partial charge >= 0.3 is 0 Å². The smallest absolute Gasteiger partial charge is 0.225 e. The van der Waals surface area contributed by atoms with E-state index in [4.69, 9.17) is 0 Å². The van der Waals surface area contributed by atoms with Crippen molar-refractivity contribution in [1.82, 2.24) is 10.2 Å². The molecule has 0 bridgehead atoms. The fraction of sp³-hybridized carbons (Fsp3) is 0.600. The highest BCUT2D eigenvalue weighted by atomic mass is 19.1. The summed E-state index contributed by atoms with van der Waals surface area (Å²) in [5, 5.41) is 2.79. The van der Waals surface area contributed by atoms with E-state index in [2.05, 4.69) is 19.2 Å². The number of nitrogens with zero attached hydrogens (tertiary/aromatic N) is 1. The molecule has 3 rings (SSSR count). The predicted molar refractivity (Wildman–Crippen MR) is 94.0 cm³/mol. The third kappa shape index (κ3) is 3.86. The van der Waals surface area contributed by atoms with Gasteiger partial charge in [-0.15, -0.1) is 0 Å². The number of carbonyl (C=O) groups is 2. The molecule has 4 nitrogen and oxygen atoms in total. The van der Waals surface area contributed by atoms with Gasteiger partial charge in [-0.3, -0.25) is 9.59 Å². The van der Waals surface area contributed by atoms with Crippen LogP contribution >= 0.6 is 0 Å². The zero-order chi connectivity index (χ0) is 18.0. The van der Waals surface area contributed by atoms with Gasteiger partial charge in [-0.05, 0) is 24.3 Å². The van der Waals surface area contributed by atoms with Crippen molar-refractivity contribution in [3.05, 3.63) is 35.6 Å². The summed E-state index contributed by atoms with van der Waals surface area (Å²) in [4.78, 5) is 26.8. The summed E-state index contributed by atoms with van der Waals surface area (Å²) in [6.07, 6.45) is 3.65. The van der Waals surface area contributed by atoms with Crippen molar-refractivity contribution in [2.24, 2.45) is 17.8 Å². The predicted octanol–water partition coefficient (Wildman–Crippen LogP) is 3.12. The summed E-state index contributed by atoms with van der Waals surface area (Å²) in [5.41, 5.74) is 0.465. The van der Waals surface area contributed by atoms with Crippen molar-refractivity contribution in [2.45, 2.75) is 52.1 Å². The number of amides is 2. The average Bonchev–Trinajstić information content (AvgIpc) is 2.98. The van der Waals surface area contributed by atoms with Gasteiger partial charge in [0.05, 0.1) is 5.92 Å². The Kier molecular flexibility index (Phi) is 5.40. The summed E-state index contributed by atoms with van der Waals surface area (Å²) >= 11 is 0. The second-order valence-corrected chi connectivity index (χ2v) is 7.59. The van der Waals surface area contributed by atoms with E-state index in [0.29, 0.717) is 23.9 Å². The van der Waals surface area contributed by atoms with Crippen LogP contribution in [0.15, 0.2) is 24.3 Å². The van der Waals surface area contributed by atoms with E-state index in [0.717, 1.165) is 12.8 Å². The first-order valence-corrected chi connectivity index (χ1v) is 9.28. The molecule has 1 heterocycles. The van der Waals surface area contributed by atoms with Crippen molar-refractivity contribution in [3.63, 3.8) is 0 Å². The monoisotopic (exact) mass is 346 g/mol. The molecule has 1 aliphatic carbocycles. The minimum atomic E-state index is -0.330. The van der Waals surface area contributed by atoms with E-state index in [1.165, 1.54) is 12.5 Å². The molecular formula is C20H27FN2O2. The van der Waals surface area contributed by atoms with E-state index in [9.17, 15) is 14.0 Å². The third-order valence-electron chi connectivity index (χ3n) is 6.00. The van der Waals surface area contributed by atoms with Crippen LogP contribution in [0.3, 0.4) is 0 Å². The van der Waals surface area contributed by atoms with Gasteiger partial charge in [0.25, 0.3) is 0 Å². The lowest BCUT2D eigenvalue weighted by Gasteiger charge is -2.40. The second kappa shape index (κ2) is 7.54. The first-order valence-electron chi connectivity index (χ1n) is 9.28. The van der Waals surface area contributed by atoms with Crippen LogP contribution in [0.1, 0.15) is 45.1 Å². The molecule has 1 N–H and O–H groups in total. The fourth-order valence-electron chi connectivity index (χ4n) is 4.19. The highest BCUT2D eigenvalue weighted by molar-refractivity contribution is 5.89. The Morgan fingerprint density at radius 2 is 2.04 bits per heavy atom. The maximum absolute atomic E-state index is 13.7. The first-order chi connectivity index (χ1) is 12.0. The van der Waals surface area contributed by atoms with Crippen LogP contribution in [0, 0.1) is 23.6 Å². The zero-order valence-corrected chi connectivity index (χ0v) is 15.0. The van der Waals surface area contributed by atoms with Crippen LogP contribution in [-0.2, 0) is 16.1 Å². The maximum Gasteiger partial charge on any atom is 0.225 e. The van der Waals surface area contributed by atoms with Gasteiger partial charge < -0.3 is 10.2 Å². The summed E-state index contributed by atoms with van der Waals surface area (Å²) in [6, 6.07) is 6.67. The van der Waals surface area contributed by atoms with Gasteiger partial charge in [0.1, 0.15) is 5.82 Å². The van der Waals surface area contributed by atoms with Crippen LogP contribution in [-0.4, -0.2) is 29.3 Å². The number of likely N-dealkylation sites (tertiary alicyclic amines) is 1. The normalized spacial score (nSPS) is 29.7. The number of carbonyl (C=O) groups excluding carboxylic acids is 2. The van der Waals surface area contributed by atoms with Crippen molar-refractivity contribution in [3.8, 4) is 0 Å². The van der Waals surface area contributed by atoms with Crippen LogP contribution in [0.5, 0.6) is 0 Å². The van der Waals surface area contributed by atoms with Crippen molar-refractivity contribution in [2.75, 3.05) is 6.54 Å². The van der Waals surface area contributed by atoms with E-state index in [1.54, 1.807) is 18.2 Å². The Balaban J connectivity index is 1.58. The first kappa shape index (κ1) is 17.9. The molecule has 0 aromatic heterocycles. The van der Waals surface area contributed by atoms with Crippen molar-refractivity contribution in [1.29, 1.82) is 0 Å². The van der Waals surface area contributed by atoms with E-state index >= 15 is 0 Å². The Hall–Kier alpha value is -1.91. The standard InChI is InChI=1S/C20H27FN2O2/c1-13-6-5-9-18(14(13)2)23-12-16(10-19(23)24)20(25)22-11-15-7-3-4-8-17(15)21/h3-4,7-8,13-14,16,18H,5-6,9-12H2,1-2H3,(H,22,25)/t13-,14-,16-,18-/m1/s1. The molecule has 25 heavy (non-hydrogen) atoms. The third-order valence-corrected chi connectivity index (χ3v) is 6.00. The number of rotatable bonds is 4. The minimum Gasteiger partial charge on any atom is -0.352 e. The SMILES string of the molecule is C[C@@H]1[C@H](C)CCC[C@H]1N1C[C@H](C(=O)NCc2ccccc2F)CC1=O. The lowest BCUT2D eigenvalue weighted by atomic mass is 9.77. The number of hydrogen-bond acceptors (Lipinski definition) is 2. The van der Waals surface area contributed by atoms with Crippen molar-refractivity contribution < 1.29 is 14.0 Å². The molecule has 2 aliphatic rings. The number of hydrogen-bond donors (Lipinski definition) is 1. The van der Waals surface area contributed by atoms with Crippen LogP contribution in [0.25, 0.3) is 0 Å². The molecule has 1 aliphatic heterocycles. The molecule has 0 unspecified atom stereocenters. The molecule has 2 amide bonds. The molecule has 0 spiro atoms. The van der Waals surface area contributed by atoms with E-state index in [-0.39, 0.29) is 42.6 Å². The summed E-state index contributed by atoms with van der Waals surface area (Å²) in [6.45, 7) is 5.11. The molecule has 1 aromatic rings. The molecular weight excluding hydrogens is 319 g/mol. The minimum absolute atomic E-state index is 0.0805. The molecule has 0 radical (unpaired) electrons. The fourth-order valence-corrected chi connectivity index (χ4v) is 4.19. The summed E-state index contributed by atoms with van der Waals surface area (Å²) < 4.78 is 13.7. The van der Waals surface area contributed by atoms with E-state index in [1.807, 2.05) is 4.90 Å². The number of benzene rings is 1. The van der Waals surface area contributed by atoms with Gasteiger partial charge in [0.15, 0.2) is 0 Å². The summed E-state index contributed by atoms with van der Waals surface area (Å²) in [7, 11) is 0. The average molecular weight is 346 g/mol. The molecule has 1 aromatic carbocycles. The van der Waals surface area contributed by atoms with Gasteiger partial charge in [0.2, 0.25) is 11.8 Å². The second-order valence-electron chi connectivity index (χ2n) is 7.59. The highest BCUT2D eigenvalue weighted by Crippen LogP contribution is 2.35.